The summed E-state index contributed by atoms with van der Waals surface area (Å²) in [5, 5.41) is 0. The topological polar surface area (TPSA) is 37.4 Å². The average Bonchev–Trinajstić information content (AvgIpc) is 2.19. The number of aryl methyl sites for hydroxylation is 1. The van der Waals surface area contributed by atoms with Gasteiger partial charge in [-0.1, -0.05) is 24.1 Å². The number of hydrogen-bond donors (Lipinski definition) is 0. The van der Waals surface area contributed by atoms with E-state index in [0.29, 0.717) is 0 Å². The first-order chi connectivity index (χ1) is 7.02. The van der Waals surface area contributed by atoms with Crippen LogP contribution in [-0.4, -0.2) is 19.3 Å². The van der Waals surface area contributed by atoms with Gasteiger partial charge in [0.25, 0.3) is 10.0 Å². The highest BCUT2D eigenvalue weighted by molar-refractivity contribution is 7.89. The van der Waals surface area contributed by atoms with Gasteiger partial charge >= 0.3 is 0 Å². The molecule has 0 amide bonds. The largest absolute Gasteiger partial charge is 0.270 e. The Bertz CT molecular complexity index is 468. The van der Waals surface area contributed by atoms with Gasteiger partial charge in [-0.15, -0.1) is 0 Å². The van der Waals surface area contributed by atoms with E-state index >= 15 is 0 Å². The summed E-state index contributed by atoms with van der Waals surface area (Å²) in [6.45, 7) is 3.87. The summed E-state index contributed by atoms with van der Waals surface area (Å²) in [6, 6.07) is 8.77. The van der Waals surface area contributed by atoms with Crippen LogP contribution in [0.25, 0.3) is 0 Å². The molecule has 0 fully saturated rings. The van der Waals surface area contributed by atoms with Gasteiger partial charge in [-0.2, -0.15) is 0 Å². The second kappa shape index (κ2) is 4.37. The monoisotopic (exact) mass is 223 g/mol. The summed E-state index contributed by atoms with van der Waals surface area (Å²) < 4.78 is 24.8. The third kappa shape index (κ3) is 2.31. The van der Waals surface area contributed by atoms with Crippen LogP contribution in [0.15, 0.2) is 29.2 Å². The van der Waals surface area contributed by atoms with E-state index in [1.54, 1.807) is 31.2 Å². The van der Waals surface area contributed by atoms with Gasteiger partial charge in [0.15, 0.2) is 0 Å². The van der Waals surface area contributed by atoms with Gasteiger partial charge in [-0.05, 0) is 26.0 Å². The molecule has 1 rings (SSSR count). The Kier molecular flexibility index (Phi) is 3.38. The maximum absolute atomic E-state index is 11.9. The van der Waals surface area contributed by atoms with Crippen LogP contribution in [0.5, 0.6) is 0 Å². The lowest BCUT2D eigenvalue weighted by atomic mass is 10.2. The van der Waals surface area contributed by atoms with Crippen LogP contribution in [0.4, 0.5) is 0 Å². The molecule has 0 bridgehead atoms. The van der Waals surface area contributed by atoms with Gasteiger partial charge in [0.05, 0.1) is 4.90 Å². The van der Waals surface area contributed by atoms with E-state index < -0.39 is 10.0 Å². The van der Waals surface area contributed by atoms with E-state index in [2.05, 4.69) is 6.04 Å². The zero-order valence-corrected chi connectivity index (χ0v) is 9.58. The van der Waals surface area contributed by atoms with Crippen molar-refractivity contribution in [3.05, 3.63) is 29.8 Å². The SMILES string of the molecule is C#CN(CC)S(=O)(=O)c1ccc(C)cc1. The quantitative estimate of drug-likeness (QED) is 0.576. The number of nitrogens with zero attached hydrogens (tertiary/aromatic N) is 1. The number of sulfonamides is 1. The first-order valence-electron chi connectivity index (χ1n) is 4.58. The molecule has 0 aliphatic heterocycles. The summed E-state index contributed by atoms with van der Waals surface area (Å²) in [5.74, 6) is 0. The van der Waals surface area contributed by atoms with Crippen molar-refractivity contribution in [2.45, 2.75) is 18.7 Å². The lowest BCUT2D eigenvalue weighted by molar-refractivity contribution is 0.523. The van der Waals surface area contributed by atoms with Gasteiger partial charge < -0.3 is 0 Å². The smallest absolute Gasteiger partial charge is 0.225 e. The van der Waals surface area contributed by atoms with Crippen molar-refractivity contribution in [1.82, 2.24) is 4.31 Å². The van der Waals surface area contributed by atoms with Crippen LogP contribution in [-0.2, 0) is 10.0 Å². The van der Waals surface area contributed by atoms with Crippen molar-refractivity contribution in [3.8, 4) is 12.5 Å². The predicted molar refractivity (Wildman–Crippen MR) is 59.6 cm³/mol. The molecule has 4 heteroatoms. The summed E-state index contributed by atoms with van der Waals surface area (Å²) in [7, 11) is -3.52. The Hall–Kier alpha value is -1.47. The highest BCUT2D eigenvalue weighted by Gasteiger charge is 2.19. The van der Waals surface area contributed by atoms with Crippen molar-refractivity contribution < 1.29 is 8.42 Å². The Morgan fingerprint density at radius 1 is 1.33 bits per heavy atom. The highest BCUT2D eigenvalue weighted by atomic mass is 32.2. The fraction of sp³-hybridized carbons (Fsp3) is 0.273. The molecule has 0 spiro atoms. The highest BCUT2D eigenvalue weighted by Crippen LogP contribution is 2.15. The molecule has 0 radical (unpaired) electrons. The summed E-state index contributed by atoms with van der Waals surface area (Å²) in [5.41, 5.74) is 1.01. The number of terminal acetylenes is 1. The third-order valence-electron chi connectivity index (χ3n) is 2.04. The summed E-state index contributed by atoms with van der Waals surface area (Å²) in [6.07, 6.45) is 5.13. The van der Waals surface area contributed by atoms with Crippen LogP contribution < -0.4 is 0 Å². The molecule has 3 nitrogen and oxygen atoms in total. The molecule has 1 aromatic rings. The Balaban J connectivity index is 3.18. The normalized spacial score (nSPS) is 10.7. The number of hydrogen-bond acceptors (Lipinski definition) is 2. The van der Waals surface area contributed by atoms with Crippen molar-refractivity contribution in [1.29, 1.82) is 0 Å². The van der Waals surface area contributed by atoms with Crippen LogP contribution in [0.1, 0.15) is 12.5 Å². The first kappa shape index (κ1) is 11.6. The van der Waals surface area contributed by atoms with E-state index in [4.69, 9.17) is 6.42 Å². The van der Waals surface area contributed by atoms with Gasteiger partial charge in [-0.25, -0.2) is 12.7 Å². The van der Waals surface area contributed by atoms with Crippen LogP contribution in [0.2, 0.25) is 0 Å². The fourth-order valence-corrected chi connectivity index (χ4v) is 2.38. The first-order valence-corrected chi connectivity index (χ1v) is 6.02. The van der Waals surface area contributed by atoms with E-state index in [9.17, 15) is 8.42 Å². The summed E-state index contributed by atoms with van der Waals surface area (Å²) >= 11 is 0. The number of benzene rings is 1. The minimum Gasteiger partial charge on any atom is -0.225 e. The molecule has 0 aromatic heterocycles. The lowest BCUT2D eigenvalue weighted by Gasteiger charge is -2.15. The average molecular weight is 223 g/mol. The molecule has 0 aliphatic rings. The van der Waals surface area contributed by atoms with Gasteiger partial charge in [0.1, 0.15) is 0 Å². The van der Waals surface area contributed by atoms with E-state index in [-0.39, 0.29) is 11.4 Å². The maximum atomic E-state index is 11.9. The molecule has 0 heterocycles. The molecule has 0 saturated heterocycles. The van der Waals surface area contributed by atoms with Crippen molar-refractivity contribution >= 4 is 10.0 Å². The molecular weight excluding hydrogens is 210 g/mol. The minimum atomic E-state index is -3.52. The second-order valence-electron chi connectivity index (χ2n) is 3.11. The zero-order chi connectivity index (χ0) is 11.5. The molecule has 0 N–H and O–H groups in total. The van der Waals surface area contributed by atoms with Gasteiger partial charge in [0.2, 0.25) is 0 Å². The van der Waals surface area contributed by atoms with E-state index in [1.165, 1.54) is 0 Å². The molecule has 0 atom stereocenters. The number of rotatable bonds is 3. The molecule has 80 valence electrons. The standard InChI is InChI=1S/C11H13NO2S/c1-4-12(5-2)15(13,14)11-8-6-10(3)7-9-11/h1,6-9H,5H2,2-3H3. The molecule has 0 unspecified atom stereocenters. The predicted octanol–water partition coefficient (Wildman–Crippen LogP) is 1.60. The van der Waals surface area contributed by atoms with E-state index in [0.717, 1.165) is 9.87 Å². The molecule has 0 aliphatic carbocycles. The van der Waals surface area contributed by atoms with Crippen LogP contribution in [0, 0.1) is 19.4 Å². The van der Waals surface area contributed by atoms with Crippen molar-refractivity contribution in [3.63, 3.8) is 0 Å². The minimum absolute atomic E-state index is 0.230. The molecule has 0 saturated carbocycles. The van der Waals surface area contributed by atoms with Crippen molar-refractivity contribution in [2.75, 3.05) is 6.54 Å². The van der Waals surface area contributed by atoms with Gasteiger partial charge in [-0.3, -0.25) is 0 Å². The Morgan fingerprint density at radius 3 is 2.27 bits per heavy atom. The Labute approximate surface area is 90.8 Å². The second-order valence-corrected chi connectivity index (χ2v) is 4.97. The molecule has 1 aromatic carbocycles. The van der Waals surface area contributed by atoms with Gasteiger partial charge in [0, 0.05) is 12.6 Å². The zero-order valence-electron chi connectivity index (χ0n) is 8.77. The van der Waals surface area contributed by atoms with E-state index in [1.807, 2.05) is 6.92 Å². The third-order valence-corrected chi connectivity index (χ3v) is 3.85. The van der Waals surface area contributed by atoms with Crippen LogP contribution in [0.3, 0.4) is 0 Å². The lowest BCUT2D eigenvalue weighted by Crippen LogP contribution is -2.25. The van der Waals surface area contributed by atoms with Crippen molar-refractivity contribution in [2.24, 2.45) is 0 Å². The molecular formula is C11H13NO2S. The Morgan fingerprint density at radius 2 is 1.87 bits per heavy atom. The van der Waals surface area contributed by atoms with Crippen LogP contribution >= 0.6 is 0 Å². The molecule has 15 heavy (non-hydrogen) atoms. The fourth-order valence-electron chi connectivity index (χ4n) is 1.17. The maximum Gasteiger partial charge on any atom is 0.270 e. The summed E-state index contributed by atoms with van der Waals surface area (Å²) in [4.78, 5) is 0.230.